The van der Waals surface area contributed by atoms with Crippen molar-refractivity contribution in [2.45, 2.75) is 25.6 Å². The summed E-state index contributed by atoms with van der Waals surface area (Å²) in [6.45, 7) is 1.59. The van der Waals surface area contributed by atoms with Crippen LogP contribution in [0.3, 0.4) is 0 Å². The van der Waals surface area contributed by atoms with Crippen molar-refractivity contribution >= 4 is 11.4 Å². The number of methoxy groups -OCH3 is 1. The second kappa shape index (κ2) is 8.67. The molecule has 3 aromatic rings. The Bertz CT molecular complexity index is 1170. The molecule has 4 rings (SSSR count). The minimum atomic E-state index is -0.531. The van der Waals surface area contributed by atoms with Crippen LogP contribution in [0.1, 0.15) is 29.3 Å². The number of nitro groups is 2. The summed E-state index contributed by atoms with van der Waals surface area (Å²) in [4.78, 5) is 23.9. The standard InChI is InChI=1S/C22H22N4O6/c1-32-20-13-18(26(30)31)12-16(22(20)27)14-24-10-4-9-23-8-3-7-19(23)21(24)15-5-2-6-17(11-15)25(28)29/h2-3,5-8,11-13,21,27H,4,9-10,14H2,1H3/t21-/m0/s1. The van der Waals surface area contributed by atoms with Crippen molar-refractivity contribution in [3.05, 3.63) is 91.8 Å². The van der Waals surface area contributed by atoms with E-state index in [1.807, 2.05) is 24.4 Å². The fourth-order valence-electron chi connectivity index (χ4n) is 4.25. The zero-order valence-electron chi connectivity index (χ0n) is 17.4. The molecule has 10 nitrogen and oxygen atoms in total. The van der Waals surface area contributed by atoms with Gasteiger partial charge in [0.05, 0.1) is 29.1 Å². The van der Waals surface area contributed by atoms with Crippen LogP contribution in [0.5, 0.6) is 11.5 Å². The molecule has 10 heteroatoms. The lowest BCUT2D eigenvalue weighted by molar-refractivity contribution is -0.385. The molecule has 0 unspecified atom stereocenters. The number of hydrogen-bond donors (Lipinski definition) is 1. The third-order valence-corrected chi connectivity index (χ3v) is 5.69. The van der Waals surface area contributed by atoms with Crippen molar-refractivity contribution in [2.24, 2.45) is 0 Å². The molecule has 1 N–H and O–H groups in total. The van der Waals surface area contributed by atoms with Crippen LogP contribution in [0.2, 0.25) is 0 Å². The second-order valence-electron chi connectivity index (χ2n) is 7.62. The van der Waals surface area contributed by atoms with Crippen molar-refractivity contribution in [3.8, 4) is 11.5 Å². The van der Waals surface area contributed by atoms with Crippen LogP contribution in [-0.4, -0.2) is 38.1 Å². The third kappa shape index (κ3) is 4.00. The molecule has 2 aromatic carbocycles. The molecule has 0 aliphatic carbocycles. The number of aromatic hydroxyl groups is 1. The summed E-state index contributed by atoms with van der Waals surface area (Å²) >= 11 is 0. The van der Waals surface area contributed by atoms with Gasteiger partial charge in [-0.05, 0) is 24.1 Å². The molecule has 0 fully saturated rings. The molecule has 1 atom stereocenters. The summed E-state index contributed by atoms with van der Waals surface area (Å²) < 4.78 is 7.24. The number of phenols is 1. The Labute approximate surface area is 183 Å². The Morgan fingerprint density at radius 3 is 2.56 bits per heavy atom. The normalized spacial score (nSPS) is 16.2. The zero-order valence-corrected chi connectivity index (χ0v) is 17.4. The van der Waals surface area contributed by atoms with E-state index in [9.17, 15) is 25.3 Å². The van der Waals surface area contributed by atoms with Crippen LogP contribution in [0.4, 0.5) is 11.4 Å². The number of ether oxygens (including phenoxy) is 1. The van der Waals surface area contributed by atoms with Gasteiger partial charge in [-0.25, -0.2) is 0 Å². The van der Waals surface area contributed by atoms with Gasteiger partial charge >= 0.3 is 0 Å². The molecule has 2 heterocycles. The number of hydrogen-bond acceptors (Lipinski definition) is 7. The molecule has 1 aliphatic heterocycles. The van der Waals surface area contributed by atoms with E-state index in [0.717, 1.165) is 24.2 Å². The van der Waals surface area contributed by atoms with Crippen LogP contribution < -0.4 is 4.74 Å². The Kier molecular flexibility index (Phi) is 5.78. The smallest absolute Gasteiger partial charge is 0.273 e. The molecule has 0 spiro atoms. The van der Waals surface area contributed by atoms with Crippen LogP contribution in [0.15, 0.2) is 54.7 Å². The molecular formula is C22H22N4O6. The summed E-state index contributed by atoms with van der Waals surface area (Å²) in [5.41, 5.74) is 1.86. The lowest BCUT2D eigenvalue weighted by Gasteiger charge is -2.31. The van der Waals surface area contributed by atoms with Gasteiger partial charge in [-0.3, -0.25) is 25.1 Å². The van der Waals surface area contributed by atoms with Gasteiger partial charge in [0.2, 0.25) is 0 Å². The summed E-state index contributed by atoms with van der Waals surface area (Å²) in [7, 11) is 1.34. The number of phenolic OH excluding ortho intramolecular Hbond substituents is 1. The average molecular weight is 438 g/mol. The molecule has 1 aromatic heterocycles. The maximum atomic E-state index is 11.4. The van der Waals surface area contributed by atoms with Crippen LogP contribution >= 0.6 is 0 Å². The van der Waals surface area contributed by atoms with Gasteiger partial charge in [0.1, 0.15) is 0 Å². The minimum absolute atomic E-state index is 0.00957. The Hall–Kier alpha value is -3.92. The fourth-order valence-corrected chi connectivity index (χ4v) is 4.25. The number of nitro benzene ring substituents is 2. The van der Waals surface area contributed by atoms with E-state index in [-0.39, 0.29) is 35.5 Å². The highest BCUT2D eigenvalue weighted by Gasteiger charge is 2.30. The van der Waals surface area contributed by atoms with E-state index in [0.29, 0.717) is 12.1 Å². The Morgan fingerprint density at radius 1 is 1.06 bits per heavy atom. The molecule has 0 radical (unpaired) electrons. The van der Waals surface area contributed by atoms with Crippen molar-refractivity contribution in [1.82, 2.24) is 9.47 Å². The highest BCUT2D eigenvalue weighted by Crippen LogP contribution is 2.39. The van der Waals surface area contributed by atoms with Gasteiger partial charge in [-0.2, -0.15) is 0 Å². The van der Waals surface area contributed by atoms with Crippen molar-refractivity contribution < 1.29 is 19.7 Å². The number of aryl methyl sites for hydroxylation is 1. The first-order chi connectivity index (χ1) is 15.4. The summed E-state index contributed by atoms with van der Waals surface area (Å²) in [6.07, 6.45) is 2.77. The highest BCUT2D eigenvalue weighted by atomic mass is 16.6. The zero-order chi connectivity index (χ0) is 22.8. The predicted octanol–water partition coefficient (Wildman–Crippen LogP) is 4.01. The number of fused-ring (bicyclic) bond motifs is 1. The molecule has 32 heavy (non-hydrogen) atoms. The fraction of sp³-hybridized carbons (Fsp3) is 0.273. The topological polar surface area (TPSA) is 124 Å². The second-order valence-corrected chi connectivity index (χ2v) is 7.62. The first kappa shape index (κ1) is 21.3. The quantitative estimate of drug-likeness (QED) is 0.455. The Balaban J connectivity index is 1.80. The van der Waals surface area contributed by atoms with E-state index >= 15 is 0 Å². The van der Waals surface area contributed by atoms with Gasteiger partial charge in [0.25, 0.3) is 11.4 Å². The lowest BCUT2D eigenvalue weighted by Crippen LogP contribution is -2.29. The first-order valence-corrected chi connectivity index (χ1v) is 10.1. The van der Waals surface area contributed by atoms with Gasteiger partial charge < -0.3 is 14.4 Å². The number of rotatable bonds is 6. The van der Waals surface area contributed by atoms with Crippen molar-refractivity contribution in [2.75, 3.05) is 13.7 Å². The van der Waals surface area contributed by atoms with Crippen molar-refractivity contribution in [3.63, 3.8) is 0 Å². The van der Waals surface area contributed by atoms with E-state index in [1.165, 1.54) is 25.3 Å². The maximum Gasteiger partial charge on any atom is 0.273 e. The van der Waals surface area contributed by atoms with Crippen LogP contribution in [-0.2, 0) is 13.1 Å². The van der Waals surface area contributed by atoms with Crippen LogP contribution in [0, 0.1) is 20.2 Å². The monoisotopic (exact) mass is 438 g/mol. The summed E-state index contributed by atoms with van der Waals surface area (Å²) in [6, 6.07) is 12.6. The van der Waals surface area contributed by atoms with Gasteiger partial charge in [-0.15, -0.1) is 0 Å². The third-order valence-electron chi connectivity index (χ3n) is 5.69. The average Bonchev–Trinajstić information content (AvgIpc) is 3.16. The van der Waals surface area contributed by atoms with E-state index in [1.54, 1.807) is 12.1 Å². The van der Waals surface area contributed by atoms with Gasteiger partial charge in [0.15, 0.2) is 11.5 Å². The molecular weight excluding hydrogens is 416 g/mol. The van der Waals surface area contributed by atoms with E-state index in [4.69, 9.17) is 4.74 Å². The predicted molar refractivity (Wildman–Crippen MR) is 116 cm³/mol. The van der Waals surface area contributed by atoms with Gasteiger partial charge in [-0.1, -0.05) is 12.1 Å². The molecule has 0 bridgehead atoms. The van der Waals surface area contributed by atoms with E-state index in [2.05, 4.69) is 9.47 Å². The SMILES string of the molecule is COc1cc([N+](=O)[O-])cc(CN2CCCn3cccc3[C@@H]2c2cccc([N+](=O)[O-])c2)c1O. The Morgan fingerprint density at radius 2 is 1.84 bits per heavy atom. The van der Waals surface area contributed by atoms with Crippen molar-refractivity contribution in [1.29, 1.82) is 0 Å². The minimum Gasteiger partial charge on any atom is -0.504 e. The summed E-state index contributed by atoms with van der Waals surface area (Å²) in [5.74, 6) is -0.130. The van der Waals surface area contributed by atoms with E-state index < -0.39 is 9.85 Å². The number of non-ortho nitro benzene ring substituents is 2. The maximum absolute atomic E-state index is 11.4. The molecule has 0 saturated heterocycles. The lowest BCUT2D eigenvalue weighted by atomic mass is 10.00. The number of benzene rings is 2. The first-order valence-electron chi connectivity index (χ1n) is 10.1. The van der Waals surface area contributed by atoms with Gasteiger partial charge in [0, 0.05) is 55.3 Å². The molecule has 166 valence electrons. The largest absolute Gasteiger partial charge is 0.504 e. The van der Waals surface area contributed by atoms with Crippen LogP contribution in [0.25, 0.3) is 0 Å². The number of aromatic nitrogens is 1. The molecule has 1 aliphatic rings. The summed E-state index contributed by atoms with van der Waals surface area (Å²) in [5, 5.41) is 33.4. The molecule has 0 amide bonds. The number of nitrogens with zero attached hydrogens (tertiary/aromatic N) is 4. The highest BCUT2D eigenvalue weighted by molar-refractivity contribution is 5.53. The molecule has 0 saturated carbocycles.